The summed E-state index contributed by atoms with van der Waals surface area (Å²) >= 11 is 0. The number of rotatable bonds is 8. The molecule has 1 aliphatic heterocycles. The molecule has 112 valence electrons. The monoisotopic (exact) mass is 279 g/mol. The molecular formula is C16H25NO3. The van der Waals surface area contributed by atoms with Crippen molar-refractivity contribution >= 4 is 0 Å². The zero-order chi connectivity index (χ0) is 14.0. The van der Waals surface area contributed by atoms with Crippen LogP contribution in [0, 0.1) is 0 Å². The van der Waals surface area contributed by atoms with Crippen LogP contribution >= 0.6 is 0 Å². The summed E-state index contributed by atoms with van der Waals surface area (Å²) in [5, 5.41) is 9.16. The summed E-state index contributed by atoms with van der Waals surface area (Å²) in [4.78, 5) is 2.21. The van der Waals surface area contributed by atoms with Crippen molar-refractivity contribution in [2.45, 2.75) is 32.1 Å². The van der Waals surface area contributed by atoms with Crippen molar-refractivity contribution in [3.8, 4) is 0 Å². The smallest absolute Gasteiger partial charge is 0.157 e. The van der Waals surface area contributed by atoms with Gasteiger partial charge in [0.2, 0.25) is 0 Å². The Bertz CT molecular complexity index is 352. The van der Waals surface area contributed by atoms with E-state index < -0.39 is 0 Å². The van der Waals surface area contributed by atoms with E-state index in [1.54, 1.807) is 0 Å². The van der Waals surface area contributed by atoms with Crippen molar-refractivity contribution in [3.05, 3.63) is 35.9 Å². The molecule has 2 rings (SSSR count). The van der Waals surface area contributed by atoms with E-state index in [4.69, 9.17) is 14.6 Å². The Morgan fingerprint density at radius 1 is 1.20 bits per heavy atom. The maximum Gasteiger partial charge on any atom is 0.157 e. The second-order valence-corrected chi connectivity index (χ2v) is 5.15. The Labute approximate surface area is 121 Å². The summed E-state index contributed by atoms with van der Waals surface area (Å²) in [5.74, 6) is 0. The lowest BCUT2D eigenvalue weighted by Gasteiger charge is -2.25. The molecule has 0 amide bonds. The topological polar surface area (TPSA) is 41.9 Å². The quantitative estimate of drug-likeness (QED) is 0.790. The highest BCUT2D eigenvalue weighted by molar-refractivity contribution is 5.14. The summed E-state index contributed by atoms with van der Waals surface area (Å²) in [6, 6.07) is 10.3. The molecule has 0 saturated carbocycles. The molecule has 0 aromatic heterocycles. The lowest BCUT2D eigenvalue weighted by molar-refractivity contribution is -0.164. The fourth-order valence-electron chi connectivity index (χ4n) is 2.41. The van der Waals surface area contributed by atoms with E-state index in [9.17, 15) is 0 Å². The van der Waals surface area contributed by atoms with Gasteiger partial charge in [0, 0.05) is 26.2 Å². The Morgan fingerprint density at radius 2 is 2.05 bits per heavy atom. The maximum absolute atomic E-state index is 9.16. The Kier molecular flexibility index (Phi) is 7.01. The van der Waals surface area contributed by atoms with Gasteiger partial charge in [0.1, 0.15) is 0 Å². The molecule has 0 bridgehead atoms. The highest BCUT2D eigenvalue weighted by Crippen LogP contribution is 2.13. The van der Waals surface area contributed by atoms with Crippen LogP contribution in [-0.2, 0) is 16.0 Å². The maximum atomic E-state index is 9.16. The lowest BCUT2D eigenvalue weighted by Crippen LogP contribution is -2.32. The van der Waals surface area contributed by atoms with Crippen LogP contribution in [0.3, 0.4) is 0 Å². The first-order valence-corrected chi connectivity index (χ1v) is 7.49. The third-order valence-corrected chi connectivity index (χ3v) is 3.51. The molecular weight excluding hydrogens is 254 g/mol. The minimum atomic E-state index is -0.0311. The molecule has 1 heterocycles. The van der Waals surface area contributed by atoms with Gasteiger partial charge in [-0.3, -0.25) is 4.90 Å². The molecule has 4 heteroatoms. The Hall–Kier alpha value is -0.940. The van der Waals surface area contributed by atoms with E-state index in [-0.39, 0.29) is 12.9 Å². The average Bonchev–Trinajstić information content (AvgIpc) is 2.49. The zero-order valence-corrected chi connectivity index (χ0v) is 12.0. The first-order valence-electron chi connectivity index (χ1n) is 7.49. The number of ether oxygens (including phenoxy) is 2. The molecule has 1 unspecified atom stereocenters. The van der Waals surface area contributed by atoms with Gasteiger partial charge >= 0.3 is 0 Å². The van der Waals surface area contributed by atoms with Crippen LogP contribution in [0.5, 0.6) is 0 Å². The van der Waals surface area contributed by atoms with Crippen molar-refractivity contribution in [1.29, 1.82) is 0 Å². The van der Waals surface area contributed by atoms with E-state index >= 15 is 0 Å². The second-order valence-electron chi connectivity index (χ2n) is 5.15. The zero-order valence-electron chi connectivity index (χ0n) is 12.0. The number of hydrogen-bond donors (Lipinski definition) is 1. The molecule has 20 heavy (non-hydrogen) atoms. The summed E-state index contributed by atoms with van der Waals surface area (Å²) < 4.78 is 11.3. The van der Waals surface area contributed by atoms with Crippen LogP contribution in [0.2, 0.25) is 0 Å². The molecule has 0 radical (unpaired) electrons. The number of nitrogens with zero attached hydrogens (tertiary/aromatic N) is 1. The van der Waals surface area contributed by atoms with Gasteiger partial charge < -0.3 is 14.6 Å². The molecule has 1 aromatic rings. The van der Waals surface area contributed by atoms with Gasteiger partial charge in [-0.2, -0.15) is 0 Å². The Morgan fingerprint density at radius 3 is 2.75 bits per heavy atom. The minimum absolute atomic E-state index is 0.0311. The number of aliphatic hydroxyl groups excluding tert-OH is 1. The fraction of sp³-hybridized carbons (Fsp3) is 0.625. The molecule has 1 saturated heterocycles. The summed E-state index contributed by atoms with van der Waals surface area (Å²) in [6.45, 7) is 3.97. The minimum Gasteiger partial charge on any atom is -0.395 e. The van der Waals surface area contributed by atoms with Gasteiger partial charge in [-0.25, -0.2) is 0 Å². The number of benzene rings is 1. The van der Waals surface area contributed by atoms with Crippen molar-refractivity contribution in [1.82, 2.24) is 4.90 Å². The molecule has 1 fully saturated rings. The van der Waals surface area contributed by atoms with Crippen LogP contribution in [0.4, 0.5) is 0 Å². The van der Waals surface area contributed by atoms with Gasteiger partial charge in [-0.1, -0.05) is 30.3 Å². The highest BCUT2D eigenvalue weighted by Gasteiger charge is 2.14. The van der Waals surface area contributed by atoms with E-state index in [1.807, 2.05) is 18.2 Å². The van der Waals surface area contributed by atoms with Crippen LogP contribution in [-0.4, -0.2) is 49.2 Å². The number of aliphatic hydroxyl groups is 1. The molecule has 1 aromatic carbocycles. The first kappa shape index (κ1) is 15.4. The second kappa shape index (κ2) is 9.08. The van der Waals surface area contributed by atoms with E-state index in [0.29, 0.717) is 13.2 Å². The van der Waals surface area contributed by atoms with E-state index in [0.717, 1.165) is 32.5 Å². The normalized spacial score (nSPS) is 19.4. The van der Waals surface area contributed by atoms with Crippen molar-refractivity contribution in [2.75, 3.05) is 32.9 Å². The van der Waals surface area contributed by atoms with Gasteiger partial charge in [0.15, 0.2) is 6.29 Å². The predicted octanol–water partition coefficient (Wildman–Crippen LogP) is 2.02. The van der Waals surface area contributed by atoms with Crippen LogP contribution in [0.15, 0.2) is 30.3 Å². The largest absolute Gasteiger partial charge is 0.395 e. The molecule has 1 aliphatic rings. The van der Waals surface area contributed by atoms with Crippen LogP contribution in [0.1, 0.15) is 24.8 Å². The highest BCUT2D eigenvalue weighted by atomic mass is 16.7. The van der Waals surface area contributed by atoms with Crippen molar-refractivity contribution in [3.63, 3.8) is 0 Å². The van der Waals surface area contributed by atoms with Crippen LogP contribution < -0.4 is 0 Å². The summed E-state index contributed by atoms with van der Waals surface area (Å²) in [7, 11) is 0. The standard InChI is InChI=1S/C16H25NO3/c18-11-9-17(14-15-6-2-1-3-7-15)10-13-20-16-8-4-5-12-19-16/h1-3,6-7,16,18H,4-5,8-14H2. The van der Waals surface area contributed by atoms with E-state index in [2.05, 4.69) is 17.0 Å². The van der Waals surface area contributed by atoms with Gasteiger partial charge in [-0.05, 0) is 24.8 Å². The molecule has 4 nitrogen and oxygen atoms in total. The van der Waals surface area contributed by atoms with Gasteiger partial charge in [0.25, 0.3) is 0 Å². The molecule has 1 atom stereocenters. The fourth-order valence-corrected chi connectivity index (χ4v) is 2.41. The number of hydrogen-bond acceptors (Lipinski definition) is 4. The predicted molar refractivity (Wildman–Crippen MR) is 78.3 cm³/mol. The summed E-state index contributed by atoms with van der Waals surface area (Å²) in [6.07, 6.45) is 3.30. The van der Waals surface area contributed by atoms with E-state index in [1.165, 1.54) is 12.0 Å². The SMILES string of the molecule is OCCN(CCOC1CCCCO1)Cc1ccccc1. The van der Waals surface area contributed by atoms with Crippen molar-refractivity contribution < 1.29 is 14.6 Å². The molecule has 0 spiro atoms. The third-order valence-electron chi connectivity index (χ3n) is 3.51. The third kappa shape index (κ3) is 5.59. The molecule has 1 N–H and O–H groups in total. The van der Waals surface area contributed by atoms with Gasteiger partial charge in [-0.15, -0.1) is 0 Å². The first-order chi connectivity index (χ1) is 9.88. The van der Waals surface area contributed by atoms with Gasteiger partial charge in [0.05, 0.1) is 13.2 Å². The summed E-state index contributed by atoms with van der Waals surface area (Å²) in [5.41, 5.74) is 1.26. The van der Waals surface area contributed by atoms with Crippen molar-refractivity contribution in [2.24, 2.45) is 0 Å². The molecule has 0 aliphatic carbocycles. The average molecular weight is 279 g/mol. The lowest BCUT2D eigenvalue weighted by atomic mass is 10.2. The van der Waals surface area contributed by atoms with Crippen LogP contribution in [0.25, 0.3) is 0 Å². The Balaban J connectivity index is 1.71.